The van der Waals surface area contributed by atoms with Crippen molar-refractivity contribution in [1.82, 2.24) is 9.55 Å². The van der Waals surface area contributed by atoms with Gasteiger partial charge >= 0.3 is 0 Å². The van der Waals surface area contributed by atoms with Gasteiger partial charge < -0.3 is 9.88 Å². The second kappa shape index (κ2) is 5.76. The molecule has 4 aromatic rings. The first-order chi connectivity index (χ1) is 11.6. The molecule has 0 fully saturated rings. The SMILES string of the molecule is Cn1c(C(=O)Nc2ccc3cccnc3c2)cc2cc(Br)ccc21. The number of carbonyl (C=O) groups is 1. The third kappa shape index (κ3) is 2.57. The zero-order valence-corrected chi connectivity index (χ0v) is 14.5. The third-order valence-corrected chi connectivity index (χ3v) is 4.59. The Morgan fingerprint density at radius 2 is 1.96 bits per heavy atom. The second-order valence-corrected chi connectivity index (χ2v) is 6.57. The van der Waals surface area contributed by atoms with Gasteiger partial charge in [0.2, 0.25) is 0 Å². The van der Waals surface area contributed by atoms with Crippen molar-refractivity contribution in [3.05, 3.63) is 71.0 Å². The van der Waals surface area contributed by atoms with E-state index in [0.717, 1.165) is 32.0 Å². The van der Waals surface area contributed by atoms with E-state index in [1.165, 1.54) is 0 Å². The quantitative estimate of drug-likeness (QED) is 0.546. The molecule has 24 heavy (non-hydrogen) atoms. The number of carbonyl (C=O) groups excluding carboxylic acids is 1. The highest BCUT2D eigenvalue weighted by molar-refractivity contribution is 9.10. The molecule has 2 aromatic carbocycles. The van der Waals surface area contributed by atoms with Gasteiger partial charge in [-0.25, -0.2) is 0 Å². The molecule has 0 bridgehead atoms. The lowest BCUT2D eigenvalue weighted by Gasteiger charge is -2.07. The highest BCUT2D eigenvalue weighted by atomic mass is 79.9. The normalized spacial score (nSPS) is 11.1. The fourth-order valence-electron chi connectivity index (χ4n) is 2.88. The maximum absolute atomic E-state index is 12.7. The van der Waals surface area contributed by atoms with Crippen LogP contribution in [-0.2, 0) is 7.05 Å². The average molecular weight is 380 g/mol. The molecule has 1 amide bonds. The van der Waals surface area contributed by atoms with E-state index in [1.54, 1.807) is 6.20 Å². The molecule has 0 aliphatic carbocycles. The number of aromatic nitrogens is 2. The van der Waals surface area contributed by atoms with Crippen LogP contribution in [0.1, 0.15) is 10.5 Å². The van der Waals surface area contributed by atoms with Crippen LogP contribution in [0.3, 0.4) is 0 Å². The molecule has 2 heterocycles. The standard InChI is InChI=1S/C19H14BrN3O/c1-23-17-7-5-14(20)9-13(17)10-18(23)19(24)22-15-6-4-12-3-2-8-21-16(12)11-15/h2-11H,1H3,(H,22,24). The van der Waals surface area contributed by atoms with Gasteiger partial charge in [-0.05, 0) is 42.5 Å². The molecule has 1 N–H and O–H groups in total. The van der Waals surface area contributed by atoms with Gasteiger partial charge in [-0.3, -0.25) is 9.78 Å². The fraction of sp³-hybridized carbons (Fsp3) is 0.0526. The second-order valence-electron chi connectivity index (χ2n) is 5.66. The van der Waals surface area contributed by atoms with Crippen molar-refractivity contribution in [2.75, 3.05) is 5.32 Å². The Balaban J connectivity index is 1.69. The van der Waals surface area contributed by atoms with Crippen molar-refractivity contribution in [3.8, 4) is 0 Å². The van der Waals surface area contributed by atoms with Crippen LogP contribution >= 0.6 is 15.9 Å². The maximum atomic E-state index is 12.7. The maximum Gasteiger partial charge on any atom is 0.272 e. The van der Waals surface area contributed by atoms with Gasteiger partial charge in [0.15, 0.2) is 0 Å². The minimum atomic E-state index is -0.139. The van der Waals surface area contributed by atoms with Gasteiger partial charge in [-0.1, -0.05) is 28.1 Å². The Morgan fingerprint density at radius 3 is 2.83 bits per heavy atom. The minimum absolute atomic E-state index is 0.139. The molecule has 4 nitrogen and oxygen atoms in total. The summed E-state index contributed by atoms with van der Waals surface area (Å²) in [5, 5.41) is 5.03. The molecule has 0 saturated heterocycles. The summed E-state index contributed by atoms with van der Waals surface area (Å²) in [6, 6.07) is 17.5. The summed E-state index contributed by atoms with van der Waals surface area (Å²) in [5.41, 5.74) is 3.22. The molecule has 0 aliphatic heterocycles. The van der Waals surface area contributed by atoms with Crippen LogP contribution in [0.15, 0.2) is 65.3 Å². The van der Waals surface area contributed by atoms with E-state index in [1.807, 2.05) is 66.2 Å². The summed E-state index contributed by atoms with van der Waals surface area (Å²) in [4.78, 5) is 17.0. The van der Waals surface area contributed by atoms with E-state index in [9.17, 15) is 4.79 Å². The van der Waals surface area contributed by atoms with Crippen LogP contribution in [0.5, 0.6) is 0 Å². The van der Waals surface area contributed by atoms with E-state index in [2.05, 4.69) is 26.2 Å². The van der Waals surface area contributed by atoms with Crippen molar-refractivity contribution >= 4 is 49.3 Å². The molecule has 0 saturated carbocycles. The first kappa shape index (κ1) is 14.9. The van der Waals surface area contributed by atoms with Crippen molar-refractivity contribution in [3.63, 3.8) is 0 Å². The van der Waals surface area contributed by atoms with Gasteiger partial charge in [0.05, 0.1) is 5.52 Å². The lowest BCUT2D eigenvalue weighted by Crippen LogP contribution is -2.15. The summed E-state index contributed by atoms with van der Waals surface area (Å²) in [5.74, 6) is -0.139. The summed E-state index contributed by atoms with van der Waals surface area (Å²) in [7, 11) is 1.90. The van der Waals surface area contributed by atoms with Crippen LogP contribution in [-0.4, -0.2) is 15.5 Å². The monoisotopic (exact) mass is 379 g/mol. The lowest BCUT2D eigenvalue weighted by molar-refractivity contribution is 0.102. The predicted octanol–water partition coefficient (Wildman–Crippen LogP) is 4.74. The zero-order valence-electron chi connectivity index (χ0n) is 13.0. The van der Waals surface area contributed by atoms with Crippen LogP contribution in [0.2, 0.25) is 0 Å². The minimum Gasteiger partial charge on any atom is -0.340 e. The van der Waals surface area contributed by atoms with Gasteiger partial charge in [0.1, 0.15) is 5.69 Å². The van der Waals surface area contributed by atoms with Crippen LogP contribution in [0.4, 0.5) is 5.69 Å². The number of hydrogen-bond acceptors (Lipinski definition) is 2. The molecular formula is C19H14BrN3O. The molecule has 5 heteroatoms. The predicted molar refractivity (Wildman–Crippen MR) is 100 cm³/mol. The summed E-state index contributed by atoms with van der Waals surface area (Å²) in [6.07, 6.45) is 1.75. The van der Waals surface area contributed by atoms with Gasteiger partial charge in [-0.15, -0.1) is 0 Å². The fourth-order valence-corrected chi connectivity index (χ4v) is 3.26. The van der Waals surface area contributed by atoms with Gasteiger partial charge in [0, 0.05) is 39.7 Å². The number of fused-ring (bicyclic) bond motifs is 2. The van der Waals surface area contributed by atoms with Crippen molar-refractivity contribution in [2.45, 2.75) is 0 Å². The number of nitrogens with zero attached hydrogens (tertiary/aromatic N) is 2. The summed E-state index contributed by atoms with van der Waals surface area (Å²) >= 11 is 3.46. The molecular weight excluding hydrogens is 366 g/mol. The van der Waals surface area contributed by atoms with Crippen molar-refractivity contribution < 1.29 is 4.79 Å². The van der Waals surface area contributed by atoms with Crippen molar-refractivity contribution in [2.24, 2.45) is 7.05 Å². The first-order valence-corrected chi connectivity index (χ1v) is 8.32. The Kier molecular flexibility index (Phi) is 3.58. The number of anilines is 1. The van der Waals surface area contributed by atoms with E-state index in [0.29, 0.717) is 5.69 Å². The van der Waals surface area contributed by atoms with Gasteiger partial charge in [0.25, 0.3) is 5.91 Å². The number of rotatable bonds is 2. The number of hydrogen-bond donors (Lipinski definition) is 1. The Morgan fingerprint density at radius 1 is 1.08 bits per heavy atom. The largest absolute Gasteiger partial charge is 0.340 e. The molecule has 0 unspecified atom stereocenters. The Hall–Kier alpha value is -2.66. The average Bonchev–Trinajstić information content (AvgIpc) is 2.91. The van der Waals surface area contributed by atoms with Crippen LogP contribution < -0.4 is 5.32 Å². The zero-order chi connectivity index (χ0) is 16.7. The number of pyridine rings is 1. The van der Waals surface area contributed by atoms with Crippen LogP contribution in [0.25, 0.3) is 21.8 Å². The lowest BCUT2D eigenvalue weighted by atomic mass is 10.2. The van der Waals surface area contributed by atoms with Gasteiger partial charge in [-0.2, -0.15) is 0 Å². The number of aryl methyl sites for hydroxylation is 1. The first-order valence-electron chi connectivity index (χ1n) is 7.53. The Labute approximate surface area is 147 Å². The molecule has 0 aliphatic rings. The summed E-state index contributed by atoms with van der Waals surface area (Å²) in [6.45, 7) is 0. The molecule has 118 valence electrons. The highest BCUT2D eigenvalue weighted by Crippen LogP contribution is 2.24. The number of halogens is 1. The third-order valence-electron chi connectivity index (χ3n) is 4.10. The Bertz CT molecular complexity index is 1080. The van der Waals surface area contributed by atoms with Crippen molar-refractivity contribution in [1.29, 1.82) is 0 Å². The number of amides is 1. The van der Waals surface area contributed by atoms with E-state index >= 15 is 0 Å². The number of benzene rings is 2. The smallest absolute Gasteiger partial charge is 0.272 e. The highest BCUT2D eigenvalue weighted by Gasteiger charge is 2.14. The number of nitrogens with one attached hydrogen (secondary N) is 1. The van der Waals surface area contributed by atoms with E-state index in [4.69, 9.17) is 0 Å². The molecule has 4 rings (SSSR count). The molecule has 0 atom stereocenters. The van der Waals surface area contributed by atoms with Crippen LogP contribution in [0, 0.1) is 0 Å². The summed E-state index contributed by atoms with van der Waals surface area (Å²) < 4.78 is 2.89. The molecule has 0 spiro atoms. The topological polar surface area (TPSA) is 46.9 Å². The van der Waals surface area contributed by atoms with E-state index < -0.39 is 0 Å². The molecule has 0 radical (unpaired) electrons. The molecule has 2 aromatic heterocycles. The van der Waals surface area contributed by atoms with E-state index in [-0.39, 0.29) is 5.91 Å².